The minimum atomic E-state index is -0.470. The quantitative estimate of drug-likeness (QED) is 0.0907. The average Bonchev–Trinajstić information content (AvgIpc) is 2.93. The summed E-state index contributed by atoms with van der Waals surface area (Å²) >= 11 is 4.70. The second kappa shape index (κ2) is 36.8. The predicted molar refractivity (Wildman–Crippen MR) is 170 cm³/mol. The number of thioether (sulfide) groups is 3. The van der Waals surface area contributed by atoms with E-state index < -0.39 is 18.1 Å². The number of rotatable bonds is 17. The van der Waals surface area contributed by atoms with E-state index in [0.29, 0.717) is 30.1 Å². The first-order chi connectivity index (χ1) is 18.4. The number of nitrogens with one attached hydrogen (secondary N) is 3. The Bertz CT molecular complexity index is 666. The summed E-state index contributed by atoms with van der Waals surface area (Å²) in [4.78, 5) is 53.8. The second-order valence-electron chi connectivity index (χ2n) is 7.64. The maximum atomic E-state index is 11.0. The number of hydrogen-bond acceptors (Lipinski definition) is 11. The molecule has 0 aliphatic carbocycles. The molecule has 0 heterocycles. The van der Waals surface area contributed by atoms with Gasteiger partial charge in [-0.05, 0) is 26.0 Å². The van der Waals surface area contributed by atoms with Crippen LogP contribution in [-0.4, -0.2) is 103 Å². The van der Waals surface area contributed by atoms with E-state index in [1.165, 1.54) is 11.8 Å². The molecule has 15 heteroatoms. The van der Waals surface area contributed by atoms with Gasteiger partial charge in [0.05, 0.1) is 18.1 Å². The van der Waals surface area contributed by atoms with Crippen molar-refractivity contribution in [2.24, 2.45) is 17.2 Å². The molecule has 0 rings (SSSR count). The molecule has 0 saturated carbocycles. The zero-order valence-electron chi connectivity index (χ0n) is 25.1. The maximum Gasteiger partial charge on any atom is 0.237 e. The molecule has 0 bridgehead atoms. The number of ketones is 2. The van der Waals surface area contributed by atoms with E-state index in [1.54, 1.807) is 65.4 Å². The first-order valence-corrected chi connectivity index (χ1v) is 16.0. The van der Waals surface area contributed by atoms with Crippen molar-refractivity contribution in [3.8, 4) is 0 Å². The molecule has 40 heavy (non-hydrogen) atoms. The summed E-state index contributed by atoms with van der Waals surface area (Å²) in [5, 5.41) is 7.44. The van der Waals surface area contributed by atoms with Gasteiger partial charge in [0, 0.05) is 89.7 Å². The molecule has 1 radical (unpaired) electrons. The normalized spacial score (nSPS) is 11.6. The van der Waals surface area contributed by atoms with Crippen LogP contribution in [0.4, 0.5) is 0 Å². The van der Waals surface area contributed by atoms with E-state index in [1.807, 2.05) is 0 Å². The van der Waals surface area contributed by atoms with Gasteiger partial charge in [-0.25, -0.2) is 0 Å². The third-order valence-electron chi connectivity index (χ3n) is 4.20. The third kappa shape index (κ3) is 37.8. The van der Waals surface area contributed by atoms with Crippen LogP contribution in [0, 0.1) is 13.8 Å². The minimum Gasteiger partial charge on any atom is -0.358 e. The van der Waals surface area contributed by atoms with E-state index >= 15 is 0 Å². The van der Waals surface area contributed by atoms with Gasteiger partial charge in [-0.2, -0.15) is 42.2 Å². The first kappa shape index (κ1) is 49.5. The molecule has 0 aliphatic heterocycles. The molecule has 3 amide bonds. The van der Waals surface area contributed by atoms with Crippen LogP contribution in [0.15, 0.2) is 0 Å². The molecule has 9 N–H and O–H groups in total. The van der Waals surface area contributed by atoms with E-state index in [0.717, 1.165) is 23.7 Å². The van der Waals surface area contributed by atoms with Gasteiger partial charge >= 0.3 is 0 Å². The molecule has 11 nitrogen and oxygen atoms in total. The molecule has 0 aromatic heterocycles. The topological polar surface area (TPSA) is 200 Å². The van der Waals surface area contributed by atoms with Crippen molar-refractivity contribution in [3.05, 3.63) is 13.8 Å². The van der Waals surface area contributed by atoms with Gasteiger partial charge in [-0.3, -0.25) is 19.2 Å². The fraction of sp³-hybridized carbons (Fsp3) is 0.720. The predicted octanol–water partition coefficient (Wildman–Crippen LogP) is 0.399. The van der Waals surface area contributed by atoms with Crippen molar-refractivity contribution in [3.63, 3.8) is 0 Å². The van der Waals surface area contributed by atoms with Crippen molar-refractivity contribution in [2.45, 2.75) is 58.2 Å². The van der Waals surface area contributed by atoms with Crippen molar-refractivity contribution in [1.29, 1.82) is 0 Å². The summed E-state index contributed by atoms with van der Waals surface area (Å²) in [5.41, 5.74) is 16.5. The monoisotopic (exact) mass is 701 g/mol. The van der Waals surface area contributed by atoms with Gasteiger partial charge in [-0.1, -0.05) is 0 Å². The van der Waals surface area contributed by atoms with Gasteiger partial charge in [0.1, 0.15) is 11.6 Å². The molecule has 0 aromatic rings. The van der Waals surface area contributed by atoms with Crippen LogP contribution in [0.5, 0.6) is 0 Å². The van der Waals surface area contributed by atoms with Gasteiger partial charge in [0.2, 0.25) is 17.7 Å². The molecule has 3 unspecified atom stereocenters. The smallest absolute Gasteiger partial charge is 0.237 e. The summed E-state index contributed by atoms with van der Waals surface area (Å²) in [7, 11) is 4.71. The van der Waals surface area contributed by atoms with Gasteiger partial charge in [-0.15, -0.1) is 5.75 Å². The number of nitrogens with two attached hydrogens (primary N) is 3. The summed E-state index contributed by atoms with van der Waals surface area (Å²) in [6, 6.07) is -1.30. The van der Waals surface area contributed by atoms with Crippen molar-refractivity contribution in [1.82, 2.24) is 16.0 Å². The Labute approximate surface area is 280 Å². The molecule has 0 aliphatic rings. The van der Waals surface area contributed by atoms with E-state index in [4.69, 9.17) is 17.2 Å². The van der Waals surface area contributed by atoms with Crippen molar-refractivity contribution >= 4 is 64.6 Å². The fourth-order valence-electron chi connectivity index (χ4n) is 2.05. The number of likely N-dealkylation sites (N-methyl/N-ethyl adjacent to an activating group) is 3. The number of carbonyl (C=O) groups is 5. The number of carbonyl (C=O) groups excluding carboxylic acids is 5. The van der Waals surface area contributed by atoms with Crippen LogP contribution in [0.2, 0.25) is 0 Å². The molecular formula is C25H52N6O5S3Y-2. The van der Waals surface area contributed by atoms with E-state index in [-0.39, 0.29) is 62.0 Å². The van der Waals surface area contributed by atoms with Crippen LogP contribution in [0.3, 0.4) is 0 Å². The van der Waals surface area contributed by atoms with Crippen LogP contribution in [-0.2, 0) is 56.7 Å². The molecule has 0 aromatic carbocycles. The minimum absolute atomic E-state index is 0. The van der Waals surface area contributed by atoms with Crippen LogP contribution in [0.25, 0.3) is 0 Å². The third-order valence-corrected chi connectivity index (χ3v) is 7.35. The Kier molecular flexibility index (Phi) is 45.5. The zero-order chi connectivity index (χ0) is 31.2. The summed E-state index contributed by atoms with van der Waals surface area (Å²) in [5.74, 6) is 4.16. The number of hydrogen-bond donors (Lipinski definition) is 6. The van der Waals surface area contributed by atoms with Crippen LogP contribution in [0.1, 0.15) is 40.0 Å². The fourth-order valence-corrected chi connectivity index (χ4v) is 4.55. The van der Waals surface area contributed by atoms with Gasteiger partial charge < -0.3 is 51.8 Å². The average molecular weight is 702 g/mol. The zero-order valence-corrected chi connectivity index (χ0v) is 30.4. The van der Waals surface area contributed by atoms with Crippen LogP contribution < -0.4 is 33.2 Å². The Morgan fingerprint density at radius 3 is 1.27 bits per heavy atom. The first-order valence-electron chi connectivity index (χ1n) is 12.5. The SMILES string of the molecule is CNC(=O)C(N)CSCCC(C)=O.CNC(=O)C(N)CSCCCC(C)=O.[CH2-]C.[CH2-]CSCC(N)C(=O)NC.[Y]. The number of Topliss-reactive ketones (excluding diaryl/α,β-unsaturated/α-hetero) is 2. The van der Waals surface area contributed by atoms with Crippen molar-refractivity contribution in [2.75, 3.05) is 55.7 Å². The summed E-state index contributed by atoms with van der Waals surface area (Å²) in [6.45, 7) is 11.8. The molecule has 3 atom stereocenters. The maximum absolute atomic E-state index is 11.0. The standard InChI is InChI=1S/C9H18N2O2S.C8H16N2O2S.C6H13N2OS.C2H5.Y/c1-7(12)4-3-5-14-6-8(10)9(13)11-2;1-6(11)3-4-13-5-7(9)8(12)10-2;1-3-10-4-5(7)6(9)8-2;1-2;/h8H,3-6,10H2,1-2H3,(H,11,13);7H,3-5,9H2,1-2H3,(H,10,12);5H,1,3-4,7H2,2H3,(H,8,9);1H2,2H3;/q;;2*-1;. The largest absolute Gasteiger partial charge is 0.358 e. The van der Waals surface area contributed by atoms with E-state index in [2.05, 4.69) is 29.8 Å². The Balaban J connectivity index is -0.000000148. The molecular weight excluding hydrogens is 649 g/mol. The molecule has 0 saturated heterocycles. The van der Waals surface area contributed by atoms with Gasteiger partial charge in [0.25, 0.3) is 0 Å². The number of amides is 3. The Morgan fingerprint density at radius 2 is 0.975 bits per heavy atom. The summed E-state index contributed by atoms with van der Waals surface area (Å²) < 4.78 is 0. The molecule has 0 spiro atoms. The Morgan fingerprint density at radius 1 is 0.650 bits per heavy atom. The van der Waals surface area contributed by atoms with E-state index in [9.17, 15) is 24.0 Å². The Hall–Kier alpha value is -0.216. The van der Waals surface area contributed by atoms with Crippen molar-refractivity contribution < 1.29 is 56.7 Å². The van der Waals surface area contributed by atoms with Gasteiger partial charge in [0.15, 0.2) is 0 Å². The van der Waals surface area contributed by atoms with Crippen LogP contribution >= 0.6 is 35.3 Å². The molecule has 235 valence electrons. The molecule has 0 fully saturated rings. The second-order valence-corrected chi connectivity index (χ2v) is 11.1. The summed E-state index contributed by atoms with van der Waals surface area (Å²) in [6.07, 6.45) is 2.02.